The highest BCUT2D eigenvalue weighted by Crippen LogP contribution is 2.32. The molecule has 1 saturated heterocycles. The Hall–Kier alpha value is -3.23. The minimum atomic E-state index is -0.0848. The largest absolute Gasteiger partial charge is 0.489 e. The van der Waals surface area contributed by atoms with E-state index in [0.29, 0.717) is 24.7 Å². The van der Waals surface area contributed by atoms with Gasteiger partial charge in [-0.25, -0.2) is 0 Å². The molecule has 1 N–H and O–H groups in total. The molecule has 1 unspecified atom stereocenters. The standard InChI is InChI=1S/C24H24N4O3S/c29-22(25-24-27-26-23(32-24)21-7-4-14-30-21)11-13-28-12-10-18-8-9-19(15-20(18)28)31-16-17-5-2-1-3-6-17/h1-3,5-6,8-10,12,15,21H,4,7,11,13-14,16H2,(H,25,27,29). The predicted octanol–water partition coefficient (Wildman–Crippen LogP) is 4.95. The van der Waals surface area contributed by atoms with E-state index in [9.17, 15) is 4.79 Å². The molecule has 4 aromatic rings. The van der Waals surface area contributed by atoms with Gasteiger partial charge in [0, 0.05) is 31.8 Å². The third-order valence-electron chi connectivity index (χ3n) is 5.47. The highest BCUT2D eigenvalue weighted by molar-refractivity contribution is 7.15. The molecule has 7 nitrogen and oxygen atoms in total. The molecule has 1 amide bonds. The summed E-state index contributed by atoms with van der Waals surface area (Å²) in [6.45, 7) is 1.84. The fraction of sp³-hybridized carbons (Fsp3) is 0.292. The van der Waals surface area contributed by atoms with Crippen molar-refractivity contribution in [1.29, 1.82) is 0 Å². The van der Waals surface area contributed by atoms with E-state index in [-0.39, 0.29) is 12.0 Å². The highest BCUT2D eigenvalue weighted by atomic mass is 32.1. The van der Waals surface area contributed by atoms with Gasteiger partial charge in [0.1, 0.15) is 23.5 Å². The predicted molar refractivity (Wildman–Crippen MR) is 124 cm³/mol. The molecule has 5 rings (SSSR count). The van der Waals surface area contributed by atoms with Crippen LogP contribution in [0.4, 0.5) is 5.13 Å². The summed E-state index contributed by atoms with van der Waals surface area (Å²) in [6, 6.07) is 18.2. The molecule has 1 aliphatic rings. The summed E-state index contributed by atoms with van der Waals surface area (Å²) in [5.74, 6) is 0.722. The monoisotopic (exact) mass is 448 g/mol. The van der Waals surface area contributed by atoms with Gasteiger partial charge in [-0.15, -0.1) is 10.2 Å². The minimum absolute atomic E-state index is 0.0164. The molecular weight excluding hydrogens is 424 g/mol. The Morgan fingerprint density at radius 1 is 1.19 bits per heavy atom. The molecule has 0 spiro atoms. The summed E-state index contributed by atoms with van der Waals surface area (Å²) < 4.78 is 13.7. The zero-order chi connectivity index (χ0) is 21.8. The van der Waals surface area contributed by atoms with E-state index in [1.54, 1.807) is 0 Å². The van der Waals surface area contributed by atoms with Crippen molar-refractivity contribution in [3.63, 3.8) is 0 Å². The Morgan fingerprint density at radius 3 is 2.94 bits per heavy atom. The smallest absolute Gasteiger partial charge is 0.227 e. The lowest BCUT2D eigenvalue weighted by Gasteiger charge is -2.09. The van der Waals surface area contributed by atoms with Crippen LogP contribution in [0.1, 0.15) is 35.9 Å². The lowest BCUT2D eigenvalue weighted by molar-refractivity contribution is -0.116. The highest BCUT2D eigenvalue weighted by Gasteiger charge is 2.22. The molecule has 1 fully saturated rings. The maximum atomic E-state index is 12.5. The number of aryl methyl sites for hydroxylation is 1. The van der Waals surface area contributed by atoms with Gasteiger partial charge >= 0.3 is 0 Å². The summed E-state index contributed by atoms with van der Waals surface area (Å²) in [5, 5.41) is 13.6. The zero-order valence-corrected chi connectivity index (χ0v) is 18.4. The lowest BCUT2D eigenvalue weighted by atomic mass is 10.2. The molecule has 0 radical (unpaired) electrons. The average molecular weight is 449 g/mol. The topological polar surface area (TPSA) is 78.3 Å². The van der Waals surface area contributed by atoms with Crippen molar-refractivity contribution >= 4 is 33.3 Å². The van der Waals surface area contributed by atoms with E-state index in [4.69, 9.17) is 9.47 Å². The zero-order valence-electron chi connectivity index (χ0n) is 17.6. The third kappa shape index (κ3) is 4.81. The van der Waals surface area contributed by atoms with Gasteiger partial charge < -0.3 is 19.4 Å². The van der Waals surface area contributed by atoms with Crippen LogP contribution in [0.15, 0.2) is 60.8 Å². The Balaban J connectivity index is 1.19. The van der Waals surface area contributed by atoms with Gasteiger partial charge in [-0.3, -0.25) is 4.79 Å². The number of rotatable bonds is 8. The van der Waals surface area contributed by atoms with Crippen LogP contribution in [-0.2, 0) is 22.7 Å². The molecule has 32 heavy (non-hydrogen) atoms. The van der Waals surface area contributed by atoms with Crippen molar-refractivity contribution in [2.45, 2.75) is 38.5 Å². The van der Waals surface area contributed by atoms with Crippen LogP contribution in [0.25, 0.3) is 10.9 Å². The molecule has 3 heterocycles. The number of nitrogens with zero attached hydrogens (tertiary/aromatic N) is 3. The summed E-state index contributed by atoms with van der Waals surface area (Å²) in [6.07, 6.45) is 4.35. The fourth-order valence-electron chi connectivity index (χ4n) is 3.78. The molecular formula is C24H24N4O3S. The molecule has 2 aromatic heterocycles. The van der Waals surface area contributed by atoms with Gasteiger partial charge in [0.05, 0.1) is 5.52 Å². The van der Waals surface area contributed by atoms with Gasteiger partial charge in [-0.1, -0.05) is 41.7 Å². The molecule has 164 valence electrons. The van der Waals surface area contributed by atoms with Crippen molar-refractivity contribution in [2.75, 3.05) is 11.9 Å². The first kappa shape index (κ1) is 20.7. The second-order valence-corrected chi connectivity index (χ2v) is 8.76. The van der Waals surface area contributed by atoms with Crippen LogP contribution in [0, 0.1) is 0 Å². The second-order valence-electron chi connectivity index (χ2n) is 7.75. The third-order valence-corrected chi connectivity index (χ3v) is 6.40. The number of nitrogens with one attached hydrogen (secondary N) is 1. The van der Waals surface area contributed by atoms with Crippen molar-refractivity contribution in [3.05, 3.63) is 71.4 Å². The Morgan fingerprint density at radius 2 is 2.09 bits per heavy atom. The quantitative estimate of drug-likeness (QED) is 0.413. The number of aromatic nitrogens is 3. The van der Waals surface area contributed by atoms with Gasteiger partial charge in [-0.2, -0.15) is 0 Å². The molecule has 8 heteroatoms. The first-order valence-corrected chi connectivity index (χ1v) is 11.6. The maximum absolute atomic E-state index is 12.5. The van der Waals surface area contributed by atoms with E-state index >= 15 is 0 Å². The molecule has 0 saturated carbocycles. The van der Waals surface area contributed by atoms with E-state index in [1.165, 1.54) is 11.3 Å². The van der Waals surface area contributed by atoms with Gasteiger partial charge in [0.15, 0.2) is 0 Å². The number of ether oxygens (including phenoxy) is 2. The lowest BCUT2D eigenvalue weighted by Crippen LogP contribution is -2.14. The number of benzene rings is 2. The van der Waals surface area contributed by atoms with E-state index in [0.717, 1.165) is 46.7 Å². The van der Waals surface area contributed by atoms with Crippen LogP contribution in [0.2, 0.25) is 0 Å². The maximum Gasteiger partial charge on any atom is 0.227 e. The molecule has 2 aromatic carbocycles. The molecule has 1 aliphatic heterocycles. The van der Waals surface area contributed by atoms with Crippen LogP contribution in [0.3, 0.4) is 0 Å². The van der Waals surface area contributed by atoms with Crippen molar-refractivity contribution < 1.29 is 14.3 Å². The fourth-order valence-corrected chi connectivity index (χ4v) is 4.62. The Labute approximate surface area is 190 Å². The van der Waals surface area contributed by atoms with Crippen molar-refractivity contribution in [2.24, 2.45) is 0 Å². The number of hydrogen-bond donors (Lipinski definition) is 1. The van der Waals surface area contributed by atoms with E-state index in [1.807, 2.05) is 60.8 Å². The number of carbonyl (C=O) groups is 1. The summed E-state index contributed by atoms with van der Waals surface area (Å²) >= 11 is 1.39. The Bertz CT molecular complexity index is 1200. The van der Waals surface area contributed by atoms with E-state index < -0.39 is 0 Å². The van der Waals surface area contributed by atoms with Crippen molar-refractivity contribution in [1.82, 2.24) is 14.8 Å². The summed E-state index contributed by atoms with van der Waals surface area (Å²) in [5.41, 5.74) is 2.17. The molecule has 0 bridgehead atoms. The number of anilines is 1. The van der Waals surface area contributed by atoms with Crippen LogP contribution >= 0.6 is 11.3 Å². The normalized spacial score (nSPS) is 15.8. The van der Waals surface area contributed by atoms with Gasteiger partial charge in [-0.05, 0) is 42.0 Å². The SMILES string of the molecule is O=C(CCn1ccc2ccc(OCc3ccccc3)cc21)Nc1nnc(C2CCCO2)s1. The van der Waals surface area contributed by atoms with Crippen LogP contribution < -0.4 is 10.1 Å². The van der Waals surface area contributed by atoms with Crippen LogP contribution in [0.5, 0.6) is 5.75 Å². The second kappa shape index (κ2) is 9.50. The molecule has 0 aliphatic carbocycles. The first-order valence-electron chi connectivity index (χ1n) is 10.7. The van der Waals surface area contributed by atoms with E-state index in [2.05, 4.69) is 20.1 Å². The van der Waals surface area contributed by atoms with Crippen molar-refractivity contribution in [3.8, 4) is 5.75 Å². The summed E-state index contributed by atoms with van der Waals surface area (Å²) in [4.78, 5) is 12.5. The number of fused-ring (bicyclic) bond motifs is 1. The number of amides is 1. The average Bonchev–Trinajstić information content (AvgIpc) is 3.58. The number of hydrogen-bond acceptors (Lipinski definition) is 6. The van der Waals surface area contributed by atoms with Crippen LogP contribution in [-0.4, -0.2) is 27.3 Å². The minimum Gasteiger partial charge on any atom is -0.489 e. The van der Waals surface area contributed by atoms with Gasteiger partial charge in [0.2, 0.25) is 11.0 Å². The first-order chi connectivity index (χ1) is 15.7. The molecule has 1 atom stereocenters. The van der Waals surface area contributed by atoms with Gasteiger partial charge in [0.25, 0.3) is 0 Å². The summed E-state index contributed by atoms with van der Waals surface area (Å²) in [7, 11) is 0. The Kier molecular flexibility index (Phi) is 6.13. The number of carbonyl (C=O) groups excluding carboxylic acids is 1.